The number of imide groups is 3. The molecule has 0 spiro atoms. The normalized spacial score (nSPS) is 39.4. The topological polar surface area (TPSA) is 74.7 Å². The molecule has 1 N–H and O–H groups in total. The fourth-order valence-corrected chi connectivity index (χ4v) is 4.93. The highest BCUT2D eigenvalue weighted by Gasteiger charge is 2.67. The van der Waals surface area contributed by atoms with Crippen LogP contribution in [0.4, 0.5) is 0 Å². The number of phenolic OH excluding ortho intramolecular Hbond substituents is 1. The monoisotopic (exact) mass is 309 g/mol. The third-order valence-electron chi connectivity index (χ3n) is 6.00. The van der Waals surface area contributed by atoms with Crippen molar-refractivity contribution in [2.45, 2.75) is 6.42 Å². The zero-order valence-electron chi connectivity index (χ0n) is 12.3. The Labute approximate surface area is 132 Å². The second-order valence-corrected chi connectivity index (χ2v) is 6.99. The summed E-state index contributed by atoms with van der Waals surface area (Å²) in [4.78, 5) is 39.0. The Morgan fingerprint density at radius 2 is 1.57 bits per heavy atom. The van der Waals surface area contributed by atoms with Gasteiger partial charge in [0.05, 0.1) is 17.4 Å². The number of nitrogens with zero attached hydrogens (tertiary/aromatic N) is 1. The number of hydrogen-bond acceptors (Lipinski definition) is 4. The van der Waals surface area contributed by atoms with Gasteiger partial charge in [-0.1, -0.05) is 24.3 Å². The lowest BCUT2D eigenvalue weighted by Gasteiger charge is -2.37. The Morgan fingerprint density at radius 3 is 2.13 bits per heavy atom. The number of likely N-dealkylation sites (tertiary alicyclic amines) is 1. The summed E-state index contributed by atoms with van der Waals surface area (Å²) in [6.45, 7) is 0. The molecule has 2 saturated carbocycles. The fraction of sp³-hybridized carbons (Fsp3) is 0.389. The molecule has 5 aliphatic rings. The van der Waals surface area contributed by atoms with Crippen LogP contribution in [-0.2, 0) is 9.59 Å². The first-order valence-corrected chi connectivity index (χ1v) is 7.98. The van der Waals surface area contributed by atoms with Crippen molar-refractivity contribution >= 4 is 17.7 Å². The minimum Gasteiger partial charge on any atom is -0.507 e. The standard InChI is InChI=1S/C18H15NO4/c20-13-4-2-1-3-10(13)16(21)19-17(22)14-8-5-6-9(12-7-11(8)12)15(14)18(19)23/h1-6,8-9,11-12,14-15,20H,7H2/t8-,9-,11-,12+,14+,15+/m0/s1. The minimum absolute atomic E-state index is 0.00156. The van der Waals surface area contributed by atoms with Gasteiger partial charge in [-0.2, -0.15) is 0 Å². The zero-order valence-corrected chi connectivity index (χ0v) is 12.3. The summed E-state index contributed by atoms with van der Waals surface area (Å²) in [7, 11) is 0. The van der Waals surface area contributed by atoms with E-state index in [1.54, 1.807) is 12.1 Å². The molecule has 116 valence electrons. The average Bonchev–Trinajstić information content (AvgIpc) is 3.32. The number of hydrogen-bond donors (Lipinski definition) is 1. The number of rotatable bonds is 1. The highest BCUT2D eigenvalue weighted by atomic mass is 16.3. The van der Waals surface area contributed by atoms with Gasteiger partial charge in [0.25, 0.3) is 5.91 Å². The van der Waals surface area contributed by atoms with Gasteiger partial charge in [0.1, 0.15) is 5.75 Å². The van der Waals surface area contributed by atoms with Crippen LogP contribution in [0.2, 0.25) is 0 Å². The quantitative estimate of drug-likeness (QED) is 0.631. The molecule has 6 atom stereocenters. The molecular formula is C18H15NO4. The number of carbonyl (C=O) groups excluding carboxylic acids is 3. The van der Waals surface area contributed by atoms with Crippen LogP contribution in [0.5, 0.6) is 5.75 Å². The minimum atomic E-state index is -0.708. The lowest BCUT2D eigenvalue weighted by molar-refractivity contribution is -0.136. The van der Waals surface area contributed by atoms with Gasteiger partial charge >= 0.3 is 0 Å². The van der Waals surface area contributed by atoms with Gasteiger partial charge in [0.2, 0.25) is 11.8 Å². The summed E-state index contributed by atoms with van der Waals surface area (Å²) in [6, 6.07) is 6.01. The van der Waals surface area contributed by atoms with Gasteiger partial charge in [-0.3, -0.25) is 14.4 Å². The van der Waals surface area contributed by atoms with Gasteiger partial charge < -0.3 is 5.11 Å². The van der Waals surface area contributed by atoms with Crippen molar-refractivity contribution in [3.63, 3.8) is 0 Å². The molecule has 1 aromatic rings. The number of carbonyl (C=O) groups is 3. The van der Waals surface area contributed by atoms with E-state index >= 15 is 0 Å². The highest BCUT2D eigenvalue weighted by molar-refractivity contribution is 6.22. The number of aromatic hydroxyl groups is 1. The van der Waals surface area contributed by atoms with Gasteiger partial charge in [0.15, 0.2) is 0 Å². The highest BCUT2D eigenvalue weighted by Crippen LogP contribution is 2.65. The third-order valence-corrected chi connectivity index (χ3v) is 6.00. The Balaban J connectivity index is 1.55. The molecule has 23 heavy (non-hydrogen) atoms. The maximum atomic E-state index is 12.8. The number of amides is 3. The van der Waals surface area contributed by atoms with Crippen LogP contribution in [0, 0.1) is 35.5 Å². The van der Waals surface area contributed by atoms with Gasteiger partial charge in [-0.25, -0.2) is 4.90 Å². The van der Waals surface area contributed by atoms with E-state index in [2.05, 4.69) is 12.2 Å². The Bertz CT molecular complexity index is 762. The largest absolute Gasteiger partial charge is 0.507 e. The van der Waals surface area contributed by atoms with Crippen LogP contribution in [0.15, 0.2) is 36.4 Å². The molecule has 2 bridgehead atoms. The average molecular weight is 309 g/mol. The van der Waals surface area contributed by atoms with E-state index in [4.69, 9.17) is 0 Å². The zero-order chi connectivity index (χ0) is 15.9. The van der Waals surface area contributed by atoms with E-state index in [1.807, 2.05) is 0 Å². The summed E-state index contributed by atoms with van der Waals surface area (Å²) in [5, 5.41) is 9.86. The molecule has 0 radical (unpaired) electrons. The van der Waals surface area contributed by atoms with Crippen LogP contribution in [0.3, 0.4) is 0 Å². The molecule has 1 heterocycles. The molecule has 1 aliphatic heterocycles. The van der Waals surface area contributed by atoms with Crippen LogP contribution in [-0.4, -0.2) is 27.7 Å². The summed E-state index contributed by atoms with van der Waals surface area (Å²) >= 11 is 0. The molecule has 1 saturated heterocycles. The van der Waals surface area contributed by atoms with Gasteiger partial charge in [-0.05, 0) is 42.2 Å². The summed E-state index contributed by atoms with van der Waals surface area (Å²) in [6.07, 6.45) is 5.22. The lowest BCUT2D eigenvalue weighted by Crippen LogP contribution is -2.40. The first-order valence-electron chi connectivity index (χ1n) is 7.98. The Morgan fingerprint density at radius 1 is 1.00 bits per heavy atom. The van der Waals surface area contributed by atoms with Gasteiger partial charge in [-0.15, -0.1) is 0 Å². The third kappa shape index (κ3) is 1.49. The molecule has 0 aromatic heterocycles. The van der Waals surface area contributed by atoms with E-state index < -0.39 is 29.6 Å². The molecule has 5 nitrogen and oxygen atoms in total. The van der Waals surface area contributed by atoms with Crippen LogP contribution in [0.1, 0.15) is 16.8 Å². The number of allylic oxidation sites excluding steroid dienone is 2. The van der Waals surface area contributed by atoms with Crippen molar-refractivity contribution in [1.29, 1.82) is 0 Å². The van der Waals surface area contributed by atoms with Crippen LogP contribution >= 0.6 is 0 Å². The van der Waals surface area contributed by atoms with Crippen molar-refractivity contribution in [3.05, 3.63) is 42.0 Å². The molecule has 1 aromatic carbocycles. The fourth-order valence-electron chi connectivity index (χ4n) is 4.93. The summed E-state index contributed by atoms with van der Waals surface area (Å²) < 4.78 is 0. The van der Waals surface area contributed by atoms with Crippen molar-refractivity contribution in [3.8, 4) is 5.75 Å². The Kier molecular flexibility index (Phi) is 2.33. The first kappa shape index (κ1) is 13.0. The van der Waals surface area contributed by atoms with Crippen LogP contribution < -0.4 is 0 Å². The van der Waals surface area contributed by atoms with Crippen molar-refractivity contribution < 1.29 is 19.5 Å². The number of phenols is 1. The number of benzene rings is 1. The SMILES string of the molecule is O=C(c1ccccc1O)N1C(=O)[C@@H]2[C@H]3C=C[C@@H]([C@@H]4C[C@H]34)[C@H]2C1=O. The molecule has 3 amide bonds. The molecule has 0 unspecified atom stereocenters. The molecule has 4 aliphatic carbocycles. The van der Waals surface area contributed by atoms with E-state index in [9.17, 15) is 19.5 Å². The van der Waals surface area contributed by atoms with Crippen molar-refractivity contribution in [2.75, 3.05) is 0 Å². The smallest absolute Gasteiger partial charge is 0.271 e. The summed E-state index contributed by atoms with van der Waals surface area (Å²) in [5.74, 6) is -1.30. The molecule has 3 fully saturated rings. The maximum absolute atomic E-state index is 12.8. The van der Waals surface area contributed by atoms with E-state index in [0.717, 1.165) is 11.3 Å². The van der Waals surface area contributed by atoms with Gasteiger partial charge in [0, 0.05) is 0 Å². The predicted molar refractivity (Wildman–Crippen MR) is 79.0 cm³/mol. The Hall–Kier alpha value is -2.43. The van der Waals surface area contributed by atoms with Crippen molar-refractivity contribution in [2.24, 2.45) is 35.5 Å². The maximum Gasteiger partial charge on any atom is 0.271 e. The van der Waals surface area contributed by atoms with Crippen molar-refractivity contribution in [1.82, 2.24) is 4.90 Å². The van der Waals surface area contributed by atoms with Crippen LogP contribution in [0.25, 0.3) is 0 Å². The predicted octanol–water partition coefficient (Wildman–Crippen LogP) is 1.59. The first-order chi connectivity index (χ1) is 11.1. The molecule has 6 rings (SSSR count). The molecular weight excluding hydrogens is 294 g/mol. The second kappa shape index (κ2) is 4.10. The summed E-state index contributed by atoms with van der Waals surface area (Å²) in [5.41, 5.74) is -0.00156. The van der Waals surface area contributed by atoms with E-state index in [-0.39, 0.29) is 23.1 Å². The van der Waals surface area contributed by atoms with E-state index in [1.165, 1.54) is 12.1 Å². The van der Waals surface area contributed by atoms with E-state index in [0.29, 0.717) is 11.8 Å². The molecule has 5 heteroatoms. The second-order valence-electron chi connectivity index (χ2n) is 6.99. The lowest BCUT2D eigenvalue weighted by atomic mass is 9.63. The number of para-hydroxylation sites is 1.